The van der Waals surface area contributed by atoms with E-state index in [0.717, 1.165) is 22.0 Å². The average Bonchev–Trinajstić information content (AvgIpc) is 3.13. The van der Waals surface area contributed by atoms with Gasteiger partial charge in [0.1, 0.15) is 0 Å². The van der Waals surface area contributed by atoms with Crippen LogP contribution in [0.25, 0.3) is 11.3 Å². The Balaban J connectivity index is 1.78. The number of esters is 1. The first-order chi connectivity index (χ1) is 10.6. The molecule has 2 aromatic rings. The molecule has 1 aliphatic rings. The molecule has 5 nitrogen and oxygen atoms in total. The van der Waals surface area contributed by atoms with Crippen molar-refractivity contribution >= 4 is 28.9 Å². The molecule has 6 heteroatoms. The second-order valence-corrected chi connectivity index (χ2v) is 6.29. The Hall–Kier alpha value is -2.21. The zero-order valence-corrected chi connectivity index (χ0v) is 13.2. The Morgan fingerprint density at radius 3 is 2.68 bits per heavy atom. The Morgan fingerprint density at radius 1 is 1.36 bits per heavy atom. The fourth-order valence-electron chi connectivity index (χ4n) is 2.59. The summed E-state index contributed by atoms with van der Waals surface area (Å²) in [6.07, 6.45) is 0.208. The van der Waals surface area contributed by atoms with Gasteiger partial charge in [0, 0.05) is 29.6 Å². The number of benzene rings is 1. The molecule has 1 unspecified atom stereocenters. The van der Waals surface area contributed by atoms with Crippen LogP contribution < -0.4 is 4.90 Å². The predicted molar refractivity (Wildman–Crippen MR) is 84.8 cm³/mol. The highest BCUT2D eigenvalue weighted by Crippen LogP contribution is 2.28. The lowest BCUT2D eigenvalue weighted by Gasteiger charge is -2.16. The first kappa shape index (κ1) is 14.7. The molecule has 0 radical (unpaired) electrons. The van der Waals surface area contributed by atoms with E-state index in [4.69, 9.17) is 4.74 Å². The molecular weight excluding hydrogens is 300 g/mol. The topological polar surface area (TPSA) is 59.5 Å². The van der Waals surface area contributed by atoms with Gasteiger partial charge in [0.15, 0.2) is 0 Å². The Bertz CT molecular complexity index is 708. The standard InChI is InChI=1S/C16H16N2O3S/c1-10-17-14(9-22-10)11-3-5-13(6-4-11)18-8-12(7-15(18)19)16(20)21-2/h3-6,9,12H,7-8H2,1-2H3. The Morgan fingerprint density at radius 2 is 2.09 bits per heavy atom. The second-order valence-electron chi connectivity index (χ2n) is 5.23. The highest BCUT2D eigenvalue weighted by Gasteiger charge is 2.35. The minimum Gasteiger partial charge on any atom is -0.469 e. The van der Waals surface area contributed by atoms with Gasteiger partial charge in [-0.1, -0.05) is 12.1 Å². The molecule has 1 amide bonds. The Labute approximate surface area is 132 Å². The zero-order valence-electron chi connectivity index (χ0n) is 12.4. The largest absolute Gasteiger partial charge is 0.469 e. The lowest BCUT2D eigenvalue weighted by atomic mass is 10.1. The van der Waals surface area contributed by atoms with Crippen LogP contribution in [-0.2, 0) is 14.3 Å². The van der Waals surface area contributed by atoms with Gasteiger partial charge in [-0.25, -0.2) is 4.98 Å². The van der Waals surface area contributed by atoms with Gasteiger partial charge in [0.25, 0.3) is 0 Å². The summed E-state index contributed by atoms with van der Waals surface area (Å²) in [5.41, 5.74) is 2.76. The van der Waals surface area contributed by atoms with Crippen LogP contribution in [0.3, 0.4) is 0 Å². The number of aromatic nitrogens is 1. The number of hydrogen-bond acceptors (Lipinski definition) is 5. The third kappa shape index (κ3) is 2.74. The molecule has 1 aromatic heterocycles. The number of carbonyl (C=O) groups is 2. The molecular formula is C16H16N2O3S. The number of rotatable bonds is 3. The van der Waals surface area contributed by atoms with Gasteiger partial charge < -0.3 is 9.64 Å². The lowest BCUT2D eigenvalue weighted by molar-refractivity contribution is -0.145. The number of carbonyl (C=O) groups excluding carboxylic acids is 2. The summed E-state index contributed by atoms with van der Waals surface area (Å²) in [7, 11) is 1.35. The number of anilines is 1. The third-order valence-corrected chi connectivity index (χ3v) is 4.53. The highest BCUT2D eigenvalue weighted by molar-refractivity contribution is 7.09. The van der Waals surface area contributed by atoms with E-state index >= 15 is 0 Å². The maximum Gasteiger partial charge on any atom is 0.311 e. The van der Waals surface area contributed by atoms with Crippen molar-refractivity contribution in [1.82, 2.24) is 4.98 Å². The molecule has 1 fully saturated rings. The molecule has 1 atom stereocenters. The molecule has 0 spiro atoms. The number of hydrogen-bond donors (Lipinski definition) is 0. The van der Waals surface area contributed by atoms with Crippen LogP contribution in [0.2, 0.25) is 0 Å². The normalized spacial score (nSPS) is 17.8. The molecule has 114 valence electrons. The van der Waals surface area contributed by atoms with Crippen LogP contribution in [0, 0.1) is 12.8 Å². The van der Waals surface area contributed by atoms with Crippen LogP contribution >= 0.6 is 11.3 Å². The van der Waals surface area contributed by atoms with E-state index in [1.54, 1.807) is 16.2 Å². The number of amides is 1. The summed E-state index contributed by atoms with van der Waals surface area (Å²) in [5, 5.41) is 3.04. The van der Waals surface area contributed by atoms with Crippen LogP contribution in [-0.4, -0.2) is 30.5 Å². The van der Waals surface area contributed by atoms with Gasteiger partial charge in [-0.05, 0) is 19.1 Å². The van der Waals surface area contributed by atoms with Crippen LogP contribution in [0.1, 0.15) is 11.4 Å². The van der Waals surface area contributed by atoms with Crippen LogP contribution in [0.15, 0.2) is 29.6 Å². The molecule has 2 heterocycles. The molecule has 0 N–H and O–H groups in total. The number of aryl methyl sites for hydroxylation is 1. The molecule has 1 saturated heterocycles. The minimum absolute atomic E-state index is 0.0485. The maximum absolute atomic E-state index is 12.1. The number of methoxy groups -OCH3 is 1. The summed E-state index contributed by atoms with van der Waals surface area (Å²) in [4.78, 5) is 29.7. The molecule has 0 saturated carbocycles. The van der Waals surface area contributed by atoms with Crippen molar-refractivity contribution in [2.75, 3.05) is 18.6 Å². The van der Waals surface area contributed by atoms with Gasteiger partial charge in [-0.2, -0.15) is 0 Å². The first-order valence-corrected chi connectivity index (χ1v) is 7.87. The highest BCUT2D eigenvalue weighted by atomic mass is 32.1. The van der Waals surface area contributed by atoms with Gasteiger partial charge in [-0.15, -0.1) is 11.3 Å². The number of thiazole rings is 1. The summed E-state index contributed by atoms with van der Waals surface area (Å²) in [6, 6.07) is 7.67. The third-order valence-electron chi connectivity index (χ3n) is 3.75. The molecule has 0 aliphatic carbocycles. The smallest absolute Gasteiger partial charge is 0.311 e. The van der Waals surface area contributed by atoms with Crippen LogP contribution in [0.5, 0.6) is 0 Å². The minimum atomic E-state index is -0.377. The van der Waals surface area contributed by atoms with E-state index in [9.17, 15) is 9.59 Å². The predicted octanol–water partition coefficient (Wildman–Crippen LogP) is 2.64. The SMILES string of the molecule is COC(=O)C1CC(=O)N(c2ccc(-c3csc(C)n3)cc2)C1. The van der Waals surface area contributed by atoms with Crippen molar-refractivity contribution < 1.29 is 14.3 Å². The van der Waals surface area contributed by atoms with E-state index in [1.807, 2.05) is 36.6 Å². The van der Waals surface area contributed by atoms with Gasteiger partial charge in [-0.3, -0.25) is 9.59 Å². The van der Waals surface area contributed by atoms with Crippen LogP contribution in [0.4, 0.5) is 5.69 Å². The molecule has 0 bridgehead atoms. The van der Waals surface area contributed by atoms with E-state index < -0.39 is 0 Å². The quantitative estimate of drug-likeness (QED) is 0.817. The second kappa shape index (κ2) is 5.88. The molecule has 1 aromatic carbocycles. The summed E-state index contributed by atoms with van der Waals surface area (Å²) < 4.78 is 4.72. The average molecular weight is 316 g/mol. The van der Waals surface area contributed by atoms with Crippen molar-refractivity contribution in [1.29, 1.82) is 0 Å². The van der Waals surface area contributed by atoms with Crippen molar-refractivity contribution in [3.63, 3.8) is 0 Å². The molecule has 1 aliphatic heterocycles. The van der Waals surface area contributed by atoms with Gasteiger partial charge in [0.2, 0.25) is 5.91 Å². The summed E-state index contributed by atoms with van der Waals surface area (Å²) in [5.74, 6) is -0.753. The van der Waals surface area contributed by atoms with Crippen molar-refractivity contribution in [3.05, 3.63) is 34.7 Å². The van der Waals surface area contributed by atoms with E-state index in [0.29, 0.717) is 6.54 Å². The molecule has 22 heavy (non-hydrogen) atoms. The van der Waals surface area contributed by atoms with Gasteiger partial charge in [0.05, 0.1) is 23.7 Å². The van der Waals surface area contributed by atoms with E-state index in [-0.39, 0.29) is 24.2 Å². The monoisotopic (exact) mass is 316 g/mol. The van der Waals surface area contributed by atoms with E-state index in [1.165, 1.54) is 7.11 Å². The van der Waals surface area contributed by atoms with Crippen molar-refractivity contribution in [2.24, 2.45) is 5.92 Å². The lowest BCUT2D eigenvalue weighted by Crippen LogP contribution is -2.26. The fourth-order valence-corrected chi connectivity index (χ4v) is 3.21. The maximum atomic E-state index is 12.1. The molecule has 3 rings (SSSR count). The summed E-state index contributed by atoms with van der Waals surface area (Å²) >= 11 is 1.61. The number of nitrogens with zero attached hydrogens (tertiary/aromatic N) is 2. The van der Waals surface area contributed by atoms with Crippen molar-refractivity contribution in [3.8, 4) is 11.3 Å². The number of ether oxygens (including phenoxy) is 1. The Kier molecular flexibility index (Phi) is 3.94. The first-order valence-electron chi connectivity index (χ1n) is 6.99. The van der Waals surface area contributed by atoms with E-state index in [2.05, 4.69) is 4.98 Å². The van der Waals surface area contributed by atoms with Gasteiger partial charge >= 0.3 is 5.97 Å². The van der Waals surface area contributed by atoms with Crippen molar-refractivity contribution in [2.45, 2.75) is 13.3 Å². The fraction of sp³-hybridized carbons (Fsp3) is 0.312. The summed E-state index contributed by atoms with van der Waals surface area (Å²) in [6.45, 7) is 2.35. The zero-order chi connectivity index (χ0) is 15.7.